The molecular weight excluding hydrogens is 238 g/mol. The molecule has 1 saturated carbocycles. The van der Waals surface area contributed by atoms with E-state index in [0.717, 1.165) is 18.1 Å². The van der Waals surface area contributed by atoms with Crippen LogP contribution < -0.4 is 10.6 Å². The summed E-state index contributed by atoms with van der Waals surface area (Å²) in [5.74, 6) is 0.0250. The summed E-state index contributed by atoms with van der Waals surface area (Å²) in [6, 6.07) is 9.23. The Bertz CT molecular complexity index is 598. The molecule has 0 saturated heterocycles. The third-order valence-electron chi connectivity index (χ3n) is 3.60. The lowest BCUT2D eigenvalue weighted by Gasteiger charge is -2.06. The number of carbonyl (C=O) groups is 1. The predicted molar refractivity (Wildman–Crippen MR) is 75.9 cm³/mol. The molecule has 0 unspecified atom stereocenters. The summed E-state index contributed by atoms with van der Waals surface area (Å²) >= 11 is 0. The summed E-state index contributed by atoms with van der Waals surface area (Å²) in [4.78, 5) is 11.4. The standard InChI is InChI=1S/C15H19N3O/c1-16-15(19)10-18-7-6-12-8-11(2-5-14(12)18)9-17-13-3-4-13/h2,5-8,13,17H,3-4,9-10H2,1H3,(H,16,19). The summed E-state index contributed by atoms with van der Waals surface area (Å²) < 4.78 is 1.98. The van der Waals surface area contributed by atoms with E-state index in [2.05, 4.69) is 34.9 Å². The number of amides is 1. The fourth-order valence-corrected chi connectivity index (χ4v) is 2.28. The van der Waals surface area contributed by atoms with Crippen molar-refractivity contribution in [3.05, 3.63) is 36.0 Å². The highest BCUT2D eigenvalue weighted by Crippen LogP contribution is 2.21. The summed E-state index contributed by atoms with van der Waals surface area (Å²) in [5.41, 5.74) is 2.41. The number of aromatic nitrogens is 1. The van der Waals surface area contributed by atoms with Crippen LogP contribution in [-0.4, -0.2) is 23.6 Å². The highest BCUT2D eigenvalue weighted by atomic mass is 16.1. The van der Waals surface area contributed by atoms with Crippen LogP contribution in [0.4, 0.5) is 0 Å². The molecule has 4 heteroatoms. The molecule has 0 radical (unpaired) electrons. The molecule has 1 aromatic carbocycles. The highest BCUT2D eigenvalue weighted by molar-refractivity contribution is 5.83. The number of rotatable bonds is 5. The number of nitrogens with one attached hydrogen (secondary N) is 2. The molecule has 0 bridgehead atoms. The third kappa shape index (κ3) is 2.79. The van der Waals surface area contributed by atoms with Crippen LogP contribution in [-0.2, 0) is 17.9 Å². The van der Waals surface area contributed by atoms with E-state index in [0.29, 0.717) is 6.54 Å². The molecule has 1 fully saturated rings. The van der Waals surface area contributed by atoms with Gasteiger partial charge in [-0.2, -0.15) is 0 Å². The third-order valence-corrected chi connectivity index (χ3v) is 3.60. The van der Waals surface area contributed by atoms with Crippen LogP contribution in [0, 0.1) is 0 Å². The van der Waals surface area contributed by atoms with Crippen molar-refractivity contribution < 1.29 is 4.79 Å². The van der Waals surface area contributed by atoms with Crippen molar-refractivity contribution in [2.24, 2.45) is 0 Å². The number of benzene rings is 1. The maximum atomic E-state index is 11.4. The van der Waals surface area contributed by atoms with Crippen molar-refractivity contribution in [3.63, 3.8) is 0 Å². The zero-order valence-electron chi connectivity index (χ0n) is 11.1. The Morgan fingerprint density at radius 3 is 2.95 bits per heavy atom. The van der Waals surface area contributed by atoms with Gasteiger partial charge in [-0.3, -0.25) is 4.79 Å². The zero-order chi connectivity index (χ0) is 13.2. The van der Waals surface area contributed by atoms with Gasteiger partial charge in [0.2, 0.25) is 5.91 Å². The maximum absolute atomic E-state index is 11.4. The van der Waals surface area contributed by atoms with Crippen molar-refractivity contribution in [3.8, 4) is 0 Å². The highest BCUT2D eigenvalue weighted by Gasteiger charge is 2.19. The molecule has 1 aromatic heterocycles. The van der Waals surface area contributed by atoms with E-state index in [4.69, 9.17) is 0 Å². The summed E-state index contributed by atoms with van der Waals surface area (Å²) in [7, 11) is 1.66. The number of fused-ring (bicyclic) bond motifs is 1. The summed E-state index contributed by atoms with van der Waals surface area (Å²) in [5, 5.41) is 7.36. The largest absolute Gasteiger partial charge is 0.358 e. The normalized spacial score (nSPS) is 14.8. The minimum atomic E-state index is 0.0250. The molecule has 4 nitrogen and oxygen atoms in total. The molecule has 1 heterocycles. The van der Waals surface area contributed by atoms with Gasteiger partial charge in [-0.05, 0) is 42.0 Å². The quantitative estimate of drug-likeness (QED) is 0.855. The molecule has 2 aromatic rings. The van der Waals surface area contributed by atoms with Gasteiger partial charge in [0.15, 0.2) is 0 Å². The zero-order valence-corrected chi connectivity index (χ0v) is 11.1. The van der Waals surface area contributed by atoms with Crippen molar-refractivity contribution in [2.45, 2.75) is 32.0 Å². The first-order valence-electron chi connectivity index (χ1n) is 6.78. The first kappa shape index (κ1) is 12.2. The van der Waals surface area contributed by atoms with Gasteiger partial charge >= 0.3 is 0 Å². The molecule has 1 aliphatic carbocycles. The molecule has 1 amide bonds. The van der Waals surface area contributed by atoms with Gasteiger partial charge in [0.25, 0.3) is 0 Å². The average molecular weight is 257 g/mol. The van der Waals surface area contributed by atoms with Gasteiger partial charge in [-0.1, -0.05) is 6.07 Å². The number of hydrogen-bond acceptors (Lipinski definition) is 2. The van der Waals surface area contributed by atoms with E-state index in [-0.39, 0.29) is 5.91 Å². The van der Waals surface area contributed by atoms with Gasteiger partial charge in [0.1, 0.15) is 6.54 Å². The minimum absolute atomic E-state index is 0.0250. The SMILES string of the molecule is CNC(=O)Cn1ccc2cc(CNC3CC3)ccc21. The first-order chi connectivity index (χ1) is 9.26. The van der Waals surface area contributed by atoms with E-state index in [1.807, 2.05) is 10.8 Å². The summed E-state index contributed by atoms with van der Waals surface area (Å²) in [6.45, 7) is 1.31. The lowest BCUT2D eigenvalue weighted by molar-refractivity contribution is -0.121. The molecule has 3 rings (SSSR count). The summed E-state index contributed by atoms with van der Waals surface area (Å²) in [6.07, 6.45) is 4.59. The van der Waals surface area contributed by atoms with E-state index >= 15 is 0 Å². The van der Waals surface area contributed by atoms with Gasteiger partial charge in [-0.25, -0.2) is 0 Å². The van der Waals surface area contributed by atoms with Gasteiger partial charge in [0, 0.05) is 31.3 Å². The van der Waals surface area contributed by atoms with Crippen molar-refractivity contribution >= 4 is 16.8 Å². The molecular formula is C15H19N3O. The van der Waals surface area contributed by atoms with Gasteiger partial charge in [0.05, 0.1) is 0 Å². The van der Waals surface area contributed by atoms with E-state index in [1.165, 1.54) is 23.8 Å². The Hall–Kier alpha value is -1.81. The van der Waals surface area contributed by atoms with E-state index in [9.17, 15) is 4.79 Å². The lowest BCUT2D eigenvalue weighted by atomic mass is 10.1. The maximum Gasteiger partial charge on any atom is 0.239 e. The molecule has 2 N–H and O–H groups in total. The average Bonchev–Trinajstić information content (AvgIpc) is 3.18. The van der Waals surface area contributed by atoms with Crippen molar-refractivity contribution in [1.82, 2.24) is 15.2 Å². The van der Waals surface area contributed by atoms with Crippen LogP contribution in [0.3, 0.4) is 0 Å². The van der Waals surface area contributed by atoms with Crippen LogP contribution in [0.5, 0.6) is 0 Å². The van der Waals surface area contributed by atoms with Crippen LogP contribution in [0.15, 0.2) is 30.5 Å². The molecule has 0 atom stereocenters. The van der Waals surface area contributed by atoms with Crippen LogP contribution in [0.1, 0.15) is 18.4 Å². The van der Waals surface area contributed by atoms with E-state index in [1.54, 1.807) is 7.05 Å². The number of nitrogens with zero attached hydrogens (tertiary/aromatic N) is 1. The Morgan fingerprint density at radius 2 is 2.21 bits per heavy atom. The fourth-order valence-electron chi connectivity index (χ4n) is 2.28. The Balaban J connectivity index is 1.77. The Morgan fingerprint density at radius 1 is 1.37 bits per heavy atom. The Kier molecular flexibility index (Phi) is 3.25. The second-order valence-corrected chi connectivity index (χ2v) is 5.17. The topological polar surface area (TPSA) is 46.1 Å². The van der Waals surface area contributed by atoms with Gasteiger partial charge < -0.3 is 15.2 Å². The smallest absolute Gasteiger partial charge is 0.239 e. The van der Waals surface area contributed by atoms with Crippen molar-refractivity contribution in [2.75, 3.05) is 7.05 Å². The van der Waals surface area contributed by atoms with Crippen molar-refractivity contribution in [1.29, 1.82) is 0 Å². The molecule has 0 spiro atoms. The minimum Gasteiger partial charge on any atom is -0.358 e. The second kappa shape index (κ2) is 5.05. The number of likely N-dealkylation sites (N-methyl/N-ethyl adjacent to an activating group) is 1. The second-order valence-electron chi connectivity index (χ2n) is 5.17. The number of hydrogen-bond donors (Lipinski definition) is 2. The van der Waals surface area contributed by atoms with Crippen LogP contribution in [0.2, 0.25) is 0 Å². The molecule has 100 valence electrons. The molecule has 0 aliphatic heterocycles. The molecule has 1 aliphatic rings. The molecule has 19 heavy (non-hydrogen) atoms. The Labute approximate surface area is 112 Å². The first-order valence-corrected chi connectivity index (χ1v) is 6.78. The predicted octanol–water partition coefficient (Wildman–Crippen LogP) is 1.64. The monoisotopic (exact) mass is 257 g/mol. The fraction of sp³-hybridized carbons (Fsp3) is 0.400. The van der Waals surface area contributed by atoms with Crippen LogP contribution in [0.25, 0.3) is 10.9 Å². The number of carbonyl (C=O) groups excluding carboxylic acids is 1. The lowest BCUT2D eigenvalue weighted by Crippen LogP contribution is -2.22. The van der Waals surface area contributed by atoms with E-state index < -0.39 is 0 Å². The van der Waals surface area contributed by atoms with Gasteiger partial charge in [-0.15, -0.1) is 0 Å². The van der Waals surface area contributed by atoms with Crippen LogP contribution >= 0.6 is 0 Å².